The van der Waals surface area contributed by atoms with Crippen LogP contribution in [-0.4, -0.2) is 28.2 Å². The Balaban J connectivity index is 3.26. The highest BCUT2D eigenvalue weighted by atomic mass is 35.5. The average Bonchev–Trinajstić information content (AvgIpc) is 2.13. The van der Waals surface area contributed by atoms with Crippen molar-refractivity contribution in [3.05, 3.63) is 16.9 Å². The average molecular weight is 203 g/mol. The minimum absolute atomic E-state index is 0.125. The molecule has 6 heteroatoms. The van der Waals surface area contributed by atoms with Crippen molar-refractivity contribution >= 4 is 17.5 Å². The smallest absolute Gasteiger partial charge is 0.271 e. The van der Waals surface area contributed by atoms with Crippen molar-refractivity contribution in [3.63, 3.8) is 0 Å². The van der Waals surface area contributed by atoms with Crippen LogP contribution in [0.5, 0.6) is 11.5 Å². The Bertz CT molecular complexity index is 354. The Morgan fingerprint density at radius 3 is 2.77 bits per heavy atom. The van der Waals surface area contributed by atoms with E-state index in [0.29, 0.717) is 0 Å². The Kier molecular flexibility index (Phi) is 2.57. The van der Waals surface area contributed by atoms with E-state index < -0.39 is 17.4 Å². The second-order valence-corrected chi connectivity index (χ2v) is 2.61. The summed E-state index contributed by atoms with van der Waals surface area (Å²) in [5.74, 6) is -1.53. The van der Waals surface area contributed by atoms with Crippen LogP contribution in [-0.2, 0) is 0 Å². The molecule has 0 spiro atoms. The summed E-state index contributed by atoms with van der Waals surface area (Å²) in [4.78, 5) is 14.6. The number of hydrogen-bond donors (Lipinski definition) is 3. The molecule has 1 amide bonds. The van der Waals surface area contributed by atoms with Gasteiger partial charge in [-0.25, -0.2) is 4.98 Å². The van der Waals surface area contributed by atoms with Gasteiger partial charge >= 0.3 is 0 Å². The molecule has 0 aliphatic heterocycles. The molecule has 0 atom stereocenters. The number of nitrogens with one attached hydrogen (secondary N) is 1. The van der Waals surface area contributed by atoms with Crippen molar-refractivity contribution in [1.29, 1.82) is 0 Å². The molecule has 0 aliphatic carbocycles. The number of carbonyl (C=O) groups excluding carboxylic acids is 1. The van der Waals surface area contributed by atoms with Crippen LogP contribution in [0.1, 0.15) is 10.5 Å². The van der Waals surface area contributed by atoms with Gasteiger partial charge < -0.3 is 15.5 Å². The van der Waals surface area contributed by atoms with Crippen LogP contribution >= 0.6 is 11.6 Å². The SMILES string of the molecule is CNC(=O)c1ncc(O)c(O)c1Cl. The molecule has 5 nitrogen and oxygen atoms in total. The molecular weight excluding hydrogens is 196 g/mol. The molecule has 0 aliphatic rings. The maximum absolute atomic E-state index is 11.0. The topological polar surface area (TPSA) is 82.5 Å². The molecule has 13 heavy (non-hydrogen) atoms. The van der Waals surface area contributed by atoms with Crippen LogP contribution in [0.15, 0.2) is 6.20 Å². The normalized spacial score (nSPS) is 9.69. The Morgan fingerprint density at radius 2 is 2.23 bits per heavy atom. The van der Waals surface area contributed by atoms with Crippen molar-refractivity contribution < 1.29 is 15.0 Å². The third-order valence-corrected chi connectivity index (χ3v) is 1.77. The lowest BCUT2D eigenvalue weighted by molar-refractivity contribution is 0.0958. The van der Waals surface area contributed by atoms with Gasteiger partial charge in [-0.1, -0.05) is 11.6 Å². The summed E-state index contributed by atoms with van der Waals surface area (Å²) in [7, 11) is 1.41. The van der Waals surface area contributed by atoms with E-state index in [2.05, 4.69) is 10.3 Å². The van der Waals surface area contributed by atoms with Crippen molar-refractivity contribution in [2.45, 2.75) is 0 Å². The van der Waals surface area contributed by atoms with Crippen molar-refractivity contribution in [3.8, 4) is 11.5 Å². The fraction of sp³-hybridized carbons (Fsp3) is 0.143. The van der Waals surface area contributed by atoms with E-state index in [1.54, 1.807) is 0 Å². The summed E-state index contributed by atoms with van der Waals surface area (Å²) in [6, 6.07) is 0. The fourth-order valence-electron chi connectivity index (χ4n) is 0.745. The number of rotatable bonds is 1. The van der Waals surface area contributed by atoms with E-state index in [1.165, 1.54) is 7.05 Å². The van der Waals surface area contributed by atoms with Crippen LogP contribution < -0.4 is 5.32 Å². The predicted molar refractivity (Wildman–Crippen MR) is 46.0 cm³/mol. The van der Waals surface area contributed by atoms with Crippen LogP contribution in [0.3, 0.4) is 0 Å². The molecule has 0 bridgehead atoms. The largest absolute Gasteiger partial charge is 0.503 e. The van der Waals surface area contributed by atoms with Gasteiger partial charge in [-0.05, 0) is 0 Å². The number of aromatic nitrogens is 1. The molecule has 1 aromatic rings. The van der Waals surface area contributed by atoms with Gasteiger partial charge in [0.05, 0.1) is 6.20 Å². The maximum atomic E-state index is 11.0. The first kappa shape index (κ1) is 9.60. The molecule has 3 N–H and O–H groups in total. The molecule has 1 rings (SSSR count). The van der Waals surface area contributed by atoms with E-state index in [-0.39, 0.29) is 10.7 Å². The Labute approximate surface area is 79.0 Å². The Hall–Kier alpha value is -1.49. The zero-order chi connectivity index (χ0) is 10.0. The lowest BCUT2D eigenvalue weighted by Crippen LogP contribution is -2.19. The summed E-state index contributed by atoms with van der Waals surface area (Å²) >= 11 is 5.54. The van der Waals surface area contributed by atoms with E-state index in [9.17, 15) is 4.79 Å². The van der Waals surface area contributed by atoms with E-state index in [4.69, 9.17) is 21.8 Å². The second kappa shape index (κ2) is 3.49. The van der Waals surface area contributed by atoms with Gasteiger partial charge in [-0.15, -0.1) is 0 Å². The number of amides is 1. The molecular formula is C7H7ClN2O3. The van der Waals surface area contributed by atoms with Gasteiger partial charge in [0.25, 0.3) is 5.91 Å². The summed E-state index contributed by atoms with van der Waals surface area (Å²) in [5, 5.41) is 20.1. The van der Waals surface area contributed by atoms with Crippen LogP contribution in [0, 0.1) is 0 Å². The van der Waals surface area contributed by atoms with Gasteiger partial charge in [0.15, 0.2) is 17.2 Å². The standard InChI is InChI=1S/C7H7ClN2O3/c1-9-7(13)5-4(8)6(12)3(11)2-10-5/h2,11H,1H3,(H,9,13)(H,10,12). The van der Waals surface area contributed by atoms with Gasteiger partial charge in [0.1, 0.15) is 5.02 Å². The quantitative estimate of drug-likeness (QED) is 0.620. The summed E-state index contributed by atoms with van der Waals surface area (Å²) in [5.41, 5.74) is -0.125. The molecule has 1 heterocycles. The Morgan fingerprint density at radius 1 is 1.62 bits per heavy atom. The van der Waals surface area contributed by atoms with Gasteiger partial charge in [0.2, 0.25) is 0 Å². The van der Waals surface area contributed by atoms with Crippen molar-refractivity contribution in [2.24, 2.45) is 0 Å². The van der Waals surface area contributed by atoms with Crippen LogP contribution in [0.4, 0.5) is 0 Å². The van der Waals surface area contributed by atoms with Crippen molar-refractivity contribution in [1.82, 2.24) is 10.3 Å². The first-order valence-corrected chi connectivity index (χ1v) is 3.74. The van der Waals surface area contributed by atoms with E-state index >= 15 is 0 Å². The molecule has 0 radical (unpaired) electrons. The van der Waals surface area contributed by atoms with Crippen molar-refractivity contribution in [2.75, 3.05) is 7.05 Å². The molecule has 0 saturated carbocycles. The summed E-state index contributed by atoms with van der Waals surface area (Å²) in [6.45, 7) is 0. The van der Waals surface area contributed by atoms with Gasteiger partial charge in [-0.3, -0.25) is 4.79 Å². The zero-order valence-corrected chi connectivity index (χ0v) is 7.46. The highest BCUT2D eigenvalue weighted by Crippen LogP contribution is 2.33. The minimum Gasteiger partial charge on any atom is -0.503 e. The van der Waals surface area contributed by atoms with Crippen LogP contribution in [0.2, 0.25) is 5.02 Å². The number of hydrogen-bond acceptors (Lipinski definition) is 4. The van der Waals surface area contributed by atoms with Gasteiger partial charge in [0, 0.05) is 7.05 Å². The van der Waals surface area contributed by atoms with E-state index in [0.717, 1.165) is 6.20 Å². The third kappa shape index (κ3) is 1.65. The fourth-order valence-corrected chi connectivity index (χ4v) is 0.976. The van der Waals surface area contributed by atoms with E-state index in [1.807, 2.05) is 0 Å². The summed E-state index contributed by atoms with van der Waals surface area (Å²) in [6.07, 6.45) is 0.950. The molecule has 0 unspecified atom stereocenters. The highest BCUT2D eigenvalue weighted by molar-refractivity contribution is 6.35. The lowest BCUT2D eigenvalue weighted by Gasteiger charge is -2.04. The number of pyridine rings is 1. The van der Waals surface area contributed by atoms with Gasteiger partial charge in [-0.2, -0.15) is 0 Å². The molecule has 0 aromatic carbocycles. The monoisotopic (exact) mass is 202 g/mol. The number of carbonyl (C=O) groups is 1. The van der Waals surface area contributed by atoms with Crippen LogP contribution in [0.25, 0.3) is 0 Å². The first-order valence-electron chi connectivity index (χ1n) is 3.36. The second-order valence-electron chi connectivity index (χ2n) is 2.23. The maximum Gasteiger partial charge on any atom is 0.271 e. The molecule has 0 saturated heterocycles. The number of aromatic hydroxyl groups is 2. The summed E-state index contributed by atoms with van der Waals surface area (Å²) < 4.78 is 0. The molecule has 0 fully saturated rings. The molecule has 1 aromatic heterocycles. The first-order chi connectivity index (χ1) is 6.07. The third-order valence-electron chi connectivity index (χ3n) is 1.42. The zero-order valence-electron chi connectivity index (χ0n) is 6.71. The number of nitrogens with zero attached hydrogens (tertiary/aromatic N) is 1. The predicted octanol–water partition coefficient (Wildman–Crippen LogP) is 0.506. The molecule has 70 valence electrons. The lowest BCUT2D eigenvalue weighted by atomic mass is 10.3. The minimum atomic E-state index is -0.546. The highest BCUT2D eigenvalue weighted by Gasteiger charge is 2.16. The number of halogens is 1.